The molecule has 0 unspecified atom stereocenters. The lowest BCUT2D eigenvalue weighted by Gasteiger charge is -2.33. The fourth-order valence-electron chi connectivity index (χ4n) is 4.02. The van der Waals surface area contributed by atoms with Crippen LogP contribution in [0.3, 0.4) is 0 Å². The Morgan fingerprint density at radius 1 is 1.18 bits per heavy atom. The quantitative estimate of drug-likeness (QED) is 0.861. The van der Waals surface area contributed by atoms with Crippen LogP contribution in [0.25, 0.3) is 11.1 Å². The lowest BCUT2D eigenvalue weighted by atomic mass is 10.0. The molecule has 1 N–H and O–H groups in total. The Bertz CT molecular complexity index is 798. The number of halogens is 1. The van der Waals surface area contributed by atoms with Crippen molar-refractivity contribution in [1.29, 1.82) is 0 Å². The first kappa shape index (κ1) is 19.0. The minimum absolute atomic E-state index is 0.0701. The summed E-state index contributed by atoms with van der Waals surface area (Å²) in [5.74, 6) is -0.436. The van der Waals surface area contributed by atoms with E-state index in [1.54, 1.807) is 36.5 Å². The normalized spacial score (nSPS) is 21.0. The van der Waals surface area contributed by atoms with Crippen molar-refractivity contribution in [3.63, 3.8) is 0 Å². The van der Waals surface area contributed by atoms with Crippen LogP contribution in [-0.4, -0.2) is 54.2 Å². The van der Waals surface area contributed by atoms with Crippen LogP contribution in [0.5, 0.6) is 0 Å². The molecule has 148 valence electrons. The minimum atomic E-state index is -0.366. The third-order valence-electron chi connectivity index (χ3n) is 5.64. The number of nitrogens with zero attached hydrogens (tertiary/aromatic N) is 2. The Labute approximate surface area is 164 Å². The highest BCUT2D eigenvalue weighted by Crippen LogP contribution is 2.22. The van der Waals surface area contributed by atoms with Crippen molar-refractivity contribution in [2.45, 2.75) is 37.8 Å². The molecule has 3 heterocycles. The minimum Gasteiger partial charge on any atom is -0.377 e. The first-order valence-electron chi connectivity index (χ1n) is 10.0. The number of piperidine rings is 1. The molecule has 0 aliphatic carbocycles. The van der Waals surface area contributed by atoms with Gasteiger partial charge in [-0.1, -0.05) is 12.1 Å². The SMILES string of the molecule is O=C(NC1CCN(C[C@@H]2CCCO2)CC1)c1ccc(-c2ccncc2F)cc1. The third kappa shape index (κ3) is 4.56. The van der Waals surface area contributed by atoms with Gasteiger partial charge in [0.2, 0.25) is 0 Å². The summed E-state index contributed by atoms with van der Waals surface area (Å²) in [7, 11) is 0. The number of rotatable bonds is 5. The van der Waals surface area contributed by atoms with E-state index in [9.17, 15) is 9.18 Å². The smallest absolute Gasteiger partial charge is 0.251 e. The lowest BCUT2D eigenvalue weighted by molar-refractivity contribution is 0.0613. The van der Waals surface area contributed by atoms with Crippen LogP contribution < -0.4 is 5.32 Å². The highest BCUT2D eigenvalue weighted by molar-refractivity contribution is 5.94. The first-order valence-corrected chi connectivity index (χ1v) is 10.0. The van der Waals surface area contributed by atoms with Gasteiger partial charge in [-0.15, -0.1) is 0 Å². The molecule has 1 aromatic carbocycles. The maximum Gasteiger partial charge on any atom is 0.251 e. The van der Waals surface area contributed by atoms with Crippen molar-refractivity contribution in [2.75, 3.05) is 26.2 Å². The molecule has 2 aliphatic rings. The lowest BCUT2D eigenvalue weighted by Crippen LogP contribution is -2.46. The molecule has 6 heteroatoms. The molecule has 2 aliphatic heterocycles. The number of hydrogen-bond acceptors (Lipinski definition) is 4. The van der Waals surface area contributed by atoms with Crippen LogP contribution >= 0.6 is 0 Å². The molecule has 0 radical (unpaired) electrons. The number of pyridine rings is 1. The van der Waals surface area contributed by atoms with Gasteiger partial charge in [0.1, 0.15) is 5.82 Å². The molecule has 5 nitrogen and oxygen atoms in total. The number of benzene rings is 1. The predicted molar refractivity (Wildman–Crippen MR) is 106 cm³/mol. The maximum absolute atomic E-state index is 13.8. The van der Waals surface area contributed by atoms with Crippen LogP contribution in [0.15, 0.2) is 42.7 Å². The Hall–Kier alpha value is -2.31. The average molecular weight is 383 g/mol. The molecule has 1 aromatic heterocycles. The van der Waals surface area contributed by atoms with E-state index in [2.05, 4.69) is 15.2 Å². The molecule has 0 spiro atoms. The zero-order chi connectivity index (χ0) is 19.3. The van der Waals surface area contributed by atoms with Gasteiger partial charge in [-0.05, 0) is 49.4 Å². The predicted octanol–water partition coefficient (Wildman–Crippen LogP) is 3.26. The van der Waals surface area contributed by atoms with E-state index >= 15 is 0 Å². The summed E-state index contributed by atoms with van der Waals surface area (Å²) in [5.41, 5.74) is 1.82. The van der Waals surface area contributed by atoms with Gasteiger partial charge in [0.05, 0.1) is 12.3 Å². The summed E-state index contributed by atoms with van der Waals surface area (Å²) < 4.78 is 19.6. The van der Waals surface area contributed by atoms with Crippen molar-refractivity contribution in [3.8, 4) is 11.1 Å². The van der Waals surface area contributed by atoms with Gasteiger partial charge < -0.3 is 15.0 Å². The molecule has 0 saturated carbocycles. The molecule has 2 fully saturated rings. The van der Waals surface area contributed by atoms with E-state index in [-0.39, 0.29) is 17.8 Å². The molecule has 1 amide bonds. The van der Waals surface area contributed by atoms with Crippen LogP contribution in [0.4, 0.5) is 4.39 Å². The molecular formula is C22H26FN3O2. The van der Waals surface area contributed by atoms with E-state index in [0.717, 1.165) is 51.1 Å². The number of hydrogen-bond donors (Lipinski definition) is 1. The second-order valence-electron chi connectivity index (χ2n) is 7.62. The number of carbonyl (C=O) groups excluding carboxylic acids is 1. The Kier molecular flexibility index (Phi) is 5.98. The fourth-order valence-corrected chi connectivity index (χ4v) is 4.02. The van der Waals surface area contributed by atoms with Gasteiger partial charge in [0.15, 0.2) is 0 Å². The summed E-state index contributed by atoms with van der Waals surface area (Å²) >= 11 is 0. The molecule has 1 atom stereocenters. The van der Waals surface area contributed by atoms with E-state index in [0.29, 0.717) is 17.2 Å². The largest absolute Gasteiger partial charge is 0.377 e. The number of likely N-dealkylation sites (tertiary alicyclic amines) is 1. The van der Waals surface area contributed by atoms with E-state index in [4.69, 9.17) is 4.74 Å². The topological polar surface area (TPSA) is 54.5 Å². The van der Waals surface area contributed by atoms with Crippen LogP contribution in [-0.2, 0) is 4.74 Å². The van der Waals surface area contributed by atoms with Gasteiger partial charge in [0, 0.05) is 49.6 Å². The third-order valence-corrected chi connectivity index (χ3v) is 5.64. The first-order chi connectivity index (χ1) is 13.7. The summed E-state index contributed by atoms with van der Waals surface area (Å²) in [6, 6.07) is 8.88. The number of nitrogens with one attached hydrogen (secondary N) is 1. The van der Waals surface area contributed by atoms with Crippen molar-refractivity contribution in [1.82, 2.24) is 15.2 Å². The molecule has 0 bridgehead atoms. The summed E-state index contributed by atoms with van der Waals surface area (Å²) in [6.07, 6.45) is 7.39. The number of carbonyl (C=O) groups is 1. The second kappa shape index (κ2) is 8.80. The van der Waals surface area contributed by atoms with Crippen LogP contribution in [0.2, 0.25) is 0 Å². The van der Waals surface area contributed by atoms with E-state index in [1.165, 1.54) is 12.6 Å². The molecule has 4 rings (SSSR count). The van der Waals surface area contributed by atoms with Gasteiger partial charge in [0.25, 0.3) is 5.91 Å². The summed E-state index contributed by atoms with van der Waals surface area (Å²) in [6.45, 7) is 3.88. The number of aromatic nitrogens is 1. The number of amides is 1. The Morgan fingerprint density at radius 2 is 1.96 bits per heavy atom. The standard InChI is InChI=1S/C22H26FN3O2/c23-21-14-24-10-7-20(21)16-3-5-17(6-4-16)22(27)25-18-8-11-26(12-9-18)15-19-2-1-13-28-19/h3-7,10,14,18-19H,1-2,8-9,11-13,15H2,(H,25,27)/t19-/m0/s1. The monoisotopic (exact) mass is 383 g/mol. The average Bonchev–Trinajstić information content (AvgIpc) is 3.23. The Morgan fingerprint density at radius 3 is 2.64 bits per heavy atom. The maximum atomic E-state index is 13.8. The second-order valence-corrected chi connectivity index (χ2v) is 7.62. The van der Waals surface area contributed by atoms with E-state index < -0.39 is 0 Å². The van der Waals surface area contributed by atoms with Crippen LogP contribution in [0.1, 0.15) is 36.0 Å². The van der Waals surface area contributed by atoms with Gasteiger partial charge in [-0.2, -0.15) is 0 Å². The summed E-state index contributed by atoms with van der Waals surface area (Å²) in [5, 5.41) is 3.14. The van der Waals surface area contributed by atoms with E-state index in [1.807, 2.05) is 0 Å². The molecule has 28 heavy (non-hydrogen) atoms. The van der Waals surface area contributed by atoms with Crippen molar-refractivity contribution in [2.24, 2.45) is 0 Å². The highest BCUT2D eigenvalue weighted by Gasteiger charge is 2.24. The zero-order valence-corrected chi connectivity index (χ0v) is 15.9. The highest BCUT2D eigenvalue weighted by atomic mass is 19.1. The van der Waals surface area contributed by atoms with Crippen molar-refractivity contribution in [3.05, 3.63) is 54.1 Å². The van der Waals surface area contributed by atoms with Crippen molar-refractivity contribution < 1.29 is 13.9 Å². The zero-order valence-electron chi connectivity index (χ0n) is 15.9. The Balaban J connectivity index is 1.29. The molecular weight excluding hydrogens is 357 g/mol. The van der Waals surface area contributed by atoms with Gasteiger partial charge >= 0.3 is 0 Å². The summed E-state index contributed by atoms with van der Waals surface area (Å²) in [4.78, 5) is 18.8. The van der Waals surface area contributed by atoms with Crippen LogP contribution in [0, 0.1) is 5.82 Å². The molecule has 2 aromatic rings. The number of ether oxygens (including phenoxy) is 1. The van der Waals surface area contributed by atoms with Crippen molar-refractivity contribution >= 4 is 5.91 Å². The van der Waals surface area contributed by atoms with Gasteiger partial charge in [-0.3, -0.25) is 9.78 Å². The fraction of sp³-hybridized carbons (Fsp3) is 0.455. The van der Waals surface area contributed by atoms with Gasteiger partial charge in [-0.25, -0.2) is 4.39 Å². The molecule has 2 saturated heterocycles.